The molecule has 1 aliphatic carbocycles. The van der Waals surface area contributed by atoms with Gasteiger partial charge < -0.3 is 15.6 Å². The van der Waals surface area contributed by atoms with E-state index < -0.39 is 0 Å². The van der Waals surface area contributed by atoms with E-state index in [1.54, 1.807) is 0 Å². The number of nitrogens with one attached hydrogen (secondary N) is 3. The number of aromatic amines is 1. The smallest absolute Gasteiger partial charge is 0.319 e. The first-order chi connectivity index (χ1) is 15.2. The molecule has 1 fully saturated rings. The van der Waals surface area contributed by atoms with Gasteiger partial charge in [0.25, 0.3) is 0 Å². The monoisotopic (exact) mass is 413 g/mol. The van der Waals surface area contributed by atoms with Crippen LogP contribution >= 0.6 is 0 Å². The SMILES string of the molecule is CCc1ccc(-n2cc(-c3ccc4[nH]cc(NC(=O)NC5CCCC5)c4c3)cn2)cc1. The van der Waals surface area contributed by atoms with E-state index in [1.807, 2.05) is 29.3 Å². The Morgan fingerprint density at radius 1 is 1.13 bits per heavy atom. The van der Waals surface area contributed by atoms with Crippen molar-refractivity contribution < 1.29 is 4.79 Å². The van der Waals surface area contributed by atoms with Crippen LogP contribution in [0.3, 0.4) is 0 Å². The number of fused-ring (bicyclic) bond motifs is 1. The molecule has 2 aromatic carbocycles. The summed E-state index contributed by atoms with van der Waals surface area (Å²) in [4.78, 5) is 15.7. The third kappa shape index (κ3) is 4.06. The van der Waals surface area contributed by atoms with Gasteiger partial charge in [-0.3, -0.25) is 0 Å². The summed E-state index contributed by atoms with van der Waals surface area (Å²) in [5.74, 6) is 0. The van der Waals surface area contributed by atoms with Crippen LogP contribution in [0.2, 0.25) is 0 Å². The maximum absolute atomic E-state index is 12.4. The molecule has 2 heterocycles. The molecule has 2 amide bonds. The molecule has 1 saturated carbocycles. The van der Waals surface area contributed by atoms with E-state index in [2.05, 4.69) is 64.0 Å². The molecule has 2 aromatic heterocycles. The molecule has 0 spiro atoms. The van der Waals surface area contributed by atoms with Gasteiger partial charge in [-0.05, 0) is 54.7 Å². The Kier molecular flexibility index (Phi) is 5.20. The molecular formula is C25H27N5O. The molecule has 0 aliphatic heterocycles. The number of carbonyl (C=O) groups excluding carboxylic acids is 1. The summed E-state index contributed by atoms with van der Waals surface area (Å²) in [6.07, 6.45) is 11.3. The molecule has 5 rings (SSSR count). The summed E-state index contributed by atoms with van der Waals surface area (Å²) in [7, 11) is 0. The summed E-state index contributed by atoms with van der Waals surface area (Å²) in [5.41, 5.74) is 6.22. The molecule has 0 atom stereocenters. The topological polar surface area (TPSA) is 74.7 Å². The van der Waals surface area contributed by atoms with Gasteiger partial charge in [-0.1, -0.05) is 38.0 Å². The minimum atomic E-state index is -0.137. The predicted octanol–water partition coefficient (Wildman–Crippen LogP) is 5.65. The van der Waals surface area contributed by atoms with E-state index >= 15 is 0 Å². The Balaban J connectivity index is 1.37. The second-order valence-electron chi connectivity index (χ2n) is 8.24. The fraction of sp³-hybridized carbons (Fsp3) is 0.280. The van der Waals surface area contributed by atoms with E-state index in [4.69, 9.17) is 0 Å². The van der Waals surface area contributed by atoms with Crippen LogP contribution in [0.1, 0.15) is 38.2 Å². The fourth-order valence-corrected chi connectivity index (χ4v) is 4.32. The Morgan fingerprint density at radius 3 is 2.71 bits per heavy atom. The average Bonchev–Trinajstić information content (AvgIpc) is 3.55. The number of rotatable bonds is 5. The van der Waals surface area contributed by atoms with Gasteiger partial charge in [0.2, 0.25) is 0 Å². The van der Waals surface area contributed by atoms with Gasteiger partial charge in [-0.2, -0.15) is 5.10 Å². The van der Waals surface area contributed by atoms with Crippen LogP contribution in [-0.4, -0.2) is 26.8 Å². The van der Waals surface area contributed by atoms with Gasteiger partial charge >= 0.3 is 6.03 Å². The zero-order valence-electron chi connectivity index (χ0n) is 17.7. The van der Waals surface area contributed by atoms with Crippen molar-refractivity contribution in [2.45, 2.75) is 45.1 Å². The summed E-state index contributed by atoms with van der Waals surface area (Å²) in [6, 6.07) is 14.8. The zero-order valence-corrected chi connectivity index (χ0v) is 17.7. The fourth-order valence-electron chi connectivity index (χ4n) is 4.32. The molecule has 0 bridgehead atoms. The van der Waals surface area contributed by atoms with Gasteiger partial charge in [0.1, 0.15) is 0 Å². The number of hydrogen-bond acceptors (Lipinski definition) is 2. The third-order valence-corrected chi connectivity index (χ3v) is 6.15. The lowest BCUT2D eigenvalue weighted by Crippen LogP contribution is -2.36. The minimum absolute atomic E-state index is 0.137. The number of benzene rings is 2. The number of anilines is 1. The lowest BCUT2D eigenvalue weighted by Gasteiger charge is -2.12. The maximum Gasteiger partial charge on any atom is 0.319 e. The molecule has 31 heavy (non-hydrogen) atoms. The van der Waals surface area contributed by atoms with Crippen molar-refractivity contribution in [1.82, 2.24) is 20.1 Å². The highest BCUT2D eigenvalue weighted by Crippen LogP contribution is 2.29. The van der Waals surface area contributed by atoms with E-state index in [0.717, 1.165) is 52.7 Å². The molecule has 158 valence electrons. The van der Waals surface area contributed by atoms with Gasteiger partial charge in [0, 0.05) is 34.9 Å². The highest BCUT2D eigenvalue weighted by Gasteiger charge is 2.18. The first kappa shape index (κ1) is 19.4. The lowest BCUT2D eigenvalue weighted by molar-refractivity contribution is 0.248. The number of nitrogens with zero attached hydrogens (tertiary/aromatic N) is 2. The van der Waals surface area contributed by atoms with E-state index in [1.165, 1.54) is 18.4 Å². The van der Waals surface area contributed by atoms with Crippen LogP contribution in [0, 0.1) is 0 Å². The molecular weight excluding hydrogens is 386 g/mol. The van der Waals surface area contributed by atoms with Crippen molar-refractivity contribution in [1.29, 1.82) is 0 Å². The standard InChI is InChI=1S/C25H27N5O/c1-2-17-7-10-21(11-8-17)30-16-19(14-27-30)18-9-12-23-22(13-18)24(15-26-23)29-25(31)28-20-5-3-4-6-20/h7-16,20,26H,2-6H2,1H3,(H2,28,29,31). The van der Waals surface area contributed by atoms with Gasteiger partial charge in [0.15, 0.2) is 0 Å². The molecule has 1 aliphatic rings. The van der Waals surface area contributed by atoms with Gasteiger partial charge in [-0.15, -0.1) is 0 Å². The molecule has 6 nitrogen and oxygen atoms in total. The second kappa shape index (κ2) is 8.30. The lowest BCUT2D eigenvalue weighted by atomic mass is 10.1. The summed E-state index contributed by atoms with van der Waals surface area (Å²) in [5, 5.41) is 11.6. The van der Waals surface area contributed by atoms with Crippen molar-refractivity contribution >= 4 is 22.6 Å². The number of carbonyl (C=O) groups is 1. The van der Waals surface area contributed by atoms with E-state index in [0.29, 0.717) is 0 Å². The quantitative estimate of drug-likeness (QED) is 0.396. The number of urea groups is 1. The Hall–Kier alpha value is -3.54. The highest BCUT2D eigenvalue weighted by molar-refractivity contribution is 6.02. The van der Waals surface area contributed by atoms with Crippen LogP contribution < -0.4 is 10.6 Å². The first-order valence-electron chi connectivity index (χ1n) is 11.0. The van der Waals surface area contributed by atoms with Crippen LogP contribution in [0.15, 0.2) is 61.1 Å². The van der Waals surface area contributed by atoms with Crippen molar-refractivity contribution in [3.63, 3.8) is 0 Å². The highest BCUT2D eigenvalue weighted by atomic mass is 16.2. The predicted molar refractivity (Wildman–Crippen MR) is 125 cm³/mol. The average molecular weight is 414 g/mol. The molecule has 3 N–H and O–H groups in total. The van der Waals surface area contributed by atoms with Crippen LogP contribution in [0.5, 0.6) is 0 Å². The third-order valence-electron chi connectivity index (χ3n) is 6.15. The van der Waals surface area contributed by atoms with Gasteiger partial charge in [-0.25, -0.2) is 9.48 Å². The molecule has 4 aromatic rings. The van der Waals surface area contributed by atoms with Crippen LogP contribution in [-0.2, 0) is 6.42 Å². The summed E-state index contributed by atoms with van der Waals surface area (Å²) in [6.45, 7) is 2.15. The number of aromatic nitrogens is 3. The van der Waals surface area contributed by atoms with E-state index in [9.17, 15) is 4.79 Å². The van der Waals surface area contributed by atoms with Crippen molar-refractivity contribution in [2.24, 2.45) is 0 Å². The Morgan fingerprint density at radius 2 is 1.94 bits per heavy atom. The Labute approximate surface area is 181 Å². The summed E-state index contributed by atoms with van der Waals surface area (Å²) < 4.78 is 1.89. The van der Waals surface area contributed by atoms with Crippen LogP contribution in [0.25, 0.3) is 27.7 Å². The van der Waals surface area contributed by atoms with Crippen molar-refractivity contribution in [3.8, 4) is 16.8 Å². The second-order valence-corrected chi connectivity index (χ2v) is 8.24. The molecule has 0 unspecified atom stereocenters. The minimum Gasteiger partial charge on any atom is -0.359 e. The number of amides is 2. The van der Waals surface area contributed by atoms with Gasteiger partial charge in [0.05, 0.1) is 17.6 Å². The number of hydrogen-bond donors (Lipinski definition) is 3. The normalized spacial score (nSPS) is 14.2. The van der Waals surface area contributed by atoms with Crippen LogP contribution in [0.4, 0.5) is 10.5 Å². The molecule has 0 radical (unpaired) electrons. The van der Waals surface area contributed by atoms with Crippen molar-refractivity contribution in [3.05, 3.63) is 66.6 Å². The zero-order chi connectivity index (χ0) is 21.2. The number of H-pyrrole nitrogens is 1. The maximum atomic E-state index is 12.4. The number of aryl methyl sites for hydroxylation is 1. The largest absolute Gasteiger partial charge is 0.359 e. The Bertz CT molecular complexity index is 1200. The van der Waals surface area contributed by atoms with E-state index in [-0.39, 0.29) is 12.1 Å². The molecule has 0 saturated heterocycles. The molecule has 6 heteroatoms. The first-order valence-corrected chi connectivity index (χ1v) is 11.0. The summed E-state index contributed by atoms with van der Waals surface area (Å²) >= 11 is 0. The van der Waals surface area contributed by atoms with Crippen molar-refractivity contribution in [2.75, 3.05) is 5.32 Å².